The number of unbranched alkanes of at least 4 members (excludes halogenated alkanes) is 1. The summed E-state index contributed by atoms with van der Waals surface area (Å²) in [7, 11) is 0. The van der Waals surface area contributed by atoms with Crippen molar-refractivity contribution in [2.24, 2.45) is 0 Å². The quantitative estimate of drug-likeness (QED) is 0.229. The van der Waals surface area contributed by atoms with Gasteiger partial charge in [-0.1, -0.05) is 68.3 Å². The highest BCUT2D eigenvalue weighted by atomic mass is 16.3. The Morgan fingerprint density at radius 3 is 2.65 bits per heavy atom. The first-order valence-corrected chi connectivity index (χ1v) is 15.3. The van der Waals surface area contributed by atoms with Gasteiger partial charge in [-0.05, 0) is 84.5 Å². The molecule has 3 heterocycles. The fraction of sp³-hybridized carbons (Fsp3) is 0.382. The van der Waals surface area contributed by atoms with E-state index in [2.05, 4.69) is 59.0 Å². The number of nitrogens with one attached hydrogen (secondary N) is 1. The molecule has 1 fully saturated rings. The maximum absolute atomic E-state index is 14.0. The molecule has 6 rings (SSSR count). The van der Waals surface area contributed by atoms with Gasteiger partial charge in [-0.15, -0.1) is 5.10 Å². The second kappa shape index (κ2) is 12.6. The zero-order valence-corrected chi connectivity index (χ0v) is 24.9. The van der Waals surface area contributed by atoms with Gasteiger partial charge in [-0.3, -0.25) is 9.36 Å². The van der Waals surface area contributed by atoms with Crippen LogP contribution in [-0.2, 0) is 13.0 Å². The van der Waals surface area contributed by atoms with Crippen molar-refractivity contribution in [3.05, 3.63) is 100 Å². The molecule has 0 saturated carbocycles. The third-order valence-corrected chi connectivity index (χ3v) is 8.65. The van der Waals surface area contributed by atoms with Crippen LogP contribution in [0.2, 0.25) is 0 Å². The van der Waals surface area contributed by atoms with E-state index in [-0.39, 0.29) is 11.1 Å². The predicted octanol–water partition coefficient (Wildman–Crippen LogP) is 5.39. The highest BCUT2D eigenvalue weighted by Crippen LogP contribution is 2.31. The number of tetrazole rings is 1. The molecule has 43 heavy (non-hydrogen) atoms. The van der Waals surface area contributed by atoms with Gasteiger partial charge < -0.3 is 10.4 Å². The maximum atomic E-state index is 14.0. The van der Waals surface area contributed by atoms with E-state index in [1.165, 1.54) is 6.42 Å². The van der Waals surface area contributed by atoms with Gasteiger partial charge in [-0.25, -0.2) is 4.98 Å². The number of aromatic nitrogens is 6. The smallest absolute Gasteiger partial charge is 0.261 e. The molecular weight excluding hydrogens is 538 g/mol. The molecule has 9 nitrogen and oxygen atoms in total. The van der Waals surface area contributed by atoms with E-state index in [9.17, 15) is 9.90 Å². The van der Waals surface area contributed by atoms with Crippen LogP contribution in [0.25, 0.3) is 27.7 Å². The monoisotopic (exact) mass is 577 g/mol. The van der Waals surface area contributed by atoms with Crippen molar-refractivity contribution in [1.82, 2.24) is 35.1 Å². The van der Waals surface area contributed by atoms with Crippen LogP contribution in [0.1, 0.15) is 75.4 Å². The molecule has 2 unspecified atom stereocenters. The number of hydrogen-bond acceptors (Lipinski definition) is 7. The lowest BCUT2D eigenvalue weighted by molar-refractivity contribution is 0.111. The number of rotatable bonds is 10. The van der Waals surface area contributed by atoms with E-state index in [1.54, 1.807) is 11.0 Å². The number of para-hydroxylation sites is 1. The molecule has 0 bridgehead atoms. The van der Waals surface area contributed by atoms with Crippen LogP contribution in [0.4, 0.5) is 0 Å². The van der Waals surface area contributed by atoms with Crippen LogP contribution >= 0.6 is 0 Å². The lowest BCUT2D eigenvalue weighted by Gasteiger charge is -2.36. The van der Waals surface area contributed by atoms with Gasteiger partial charge in [-0.2, -0.15) is 4.68 Å². The molecule has 1 saturated heterocycles. The Hall–Kier alpha value is -4.21. The van der Waals surface area contributed by atoms with E-state index < -0.39 is 6.10 Å². The van der Waals surface area contributed by atoms with E-state index in [1.807, 2.05) is 47.0 Å². The molecule has 1 aliphatic rings. The van der Waals surface area contributed by atoms with Crippen molar-refractivity contribution in [2.45, 2.75) is 77.0 Å². The lowest BCUT2D eigenvalue weighted by Crippen LogP contribution is -2.46. The second-order valence-electron chi connectivity index (χ2n) is 11.9. The molecule has 0 spiro atoms. The molecule has 3 aromatic carbocycles. The summed E-state index contributed by atoms with van der Waals surface area (Å²) in [5.74, 6) is 0.791. The number of aliphatic hydroxyl groups is 1. The Morgan fingerprint density at radius 2 is 1.91 bits per heavy atom. The average molecular weight is 578 g/mol. The minimum atomic E-state index is -0.656. The number of piperidine rings is 1. The largest absolute Gasteiger partial charge is 0.388 e. The molecule has 0 aliphatic carbocycles. The summed E-state index contributed by atoms with van der Waals surface area (Å²) in [5, 5.41) is 26.9. The number of nitrogens with zero attached hydrogens (tertiary/aromatic N) is 6. The summed E-state index contributed by atoms with van der Waals surface area (Å²) in [6.45, 7) is 5.72. The zero-order valence-electron chi connectivity index (χ0n) is 24.9. The van der Waals surface area contributed by atoms with Crippen molar-refractivity contribution in [2.75, 3.05) is 6.54 Å². The molecule has 222 valence electrons. The maximum Gasteiger partial charge on any atom is 0.261 e. The molecule has 1 aliphatic heterocycles. The SMILES string of the molecule is CCCCc1nc2ccc(C(O)CC3(C)CCCCN3)cc2c(=O)n1Cc1ccc(-c2ccccc2-n2cnnn2)cc1. The Balaban J connectivity index is 1.31. The summed E-state index contributed by atoms with van der Waals surface area (Å²) >= 11 is 0. The first-order chi connectivity index (χ1) is 20.9. The van der Waals surface area contributed by atoms with Crippen molar-refractivity contribution >= 4 is 10.9 Å². The van der Waals surface area contributed by atoms with Gasteiger partial charge >= 0.3 is 0 Å². The number of hydrogen-bond donors (Lipinski definition) is 2. The third-order valence-electron chi connectivity index (χ3n) is 8.65. The van der Waals surface area contributed by atoms with E-state index in [0.29, 0.717) is 23.9 Å². The van der Waals surface area contributed by atoms with Crippen molar-refractivity contribution in [1.29, 1.82) is 0 Å². The predicted molar refractivity (Wildman–Crippen MR) is 168 cm³/mol. The molecule has 9 heteroatoms. The van der Waals surface area contributed by atoms with Gasteiger partial charge in [0.1, 0.15) is 12.2 Å². The Morgan fingerprint density at radius 1 is 1.07 bits per heavy atom. The van der Waals surface area contributed by atoms with Crippen LogP contribution in [-0.4, -0.2) is 46.9 Å². The number of fused-ring (bicyclic) bond motifs is 1. The summed E-state index contributed by atoms with van der Waals surface area (Å²) in [4.78, 5) is 19.0. The third kappa shape index (κ3) is 6.28. The van der Waals surface area contributed by atoms with Gasteiger partial charge in [0.2, 0.25) is 0 Å². The number of aliphatic hydroxyl groups excluding tert-OH is 1. The molecule has 5 aromatic rings. The van der Waals surface area contributed by atoms with Gasteiger partial charge in [0.15, 0.2) is 0 Å². The summed E-state index contributed by atoms with van der Waals surface area (Å²) in [6.07, 6.45) is 7.60. The Bertz CT molecular complexity index is 1740. The molecule has 2 aromatic heterocycles. The van der Waals surface area contributed by atoms with Crippen LogP contribution < -0.4 is 10.9 Å². The van der Waals surface area contributed by atoms with Crippen molar-refractivity contribution < 1.29 is 5.11 Å². The zero-order chi connectivity index (χ0) is 29.8. The van der Waals surface area contributed by atoms with Crippen molar-refractivity contribution in [3.8, 4) is 16.8 Å². The highest BCUT2D eigenvalue weighted by Gasteiger charge is 2.29. The van der Waals surface area contributed by atoms with E-state index >= 15 is 0 Å². The normalized spacial score (nSPS) is 17.7. The Kier molecular flexibility index (Phi) is 8.44. The second-order valence-corrected chi connectivity index (χ2v) is 11.9. The topological polar surface area (TPSA) is 111 Å². The number of aryl methyl sites for hydroxylation is 1. The van der Waals surface area contributed by atoms with Crippen LogP contribution in [0.3, 0.4) is 0 Å². The first kappa shape index (κ1) is 28.9. The standard InChI is InChI=1S/C34H39N7O2/c1-3-4-11-32-37-29-17-16-26(31(42)21-34(2)18-7-8-19-35-34)20-28(29)33(43)40(32)22-24-12-14-25(15-13-24)27-9-5-6-10-30(27)41-23-36-38-39-41/h5-6,9-10,12-17,20,23,31,35,42H,3-4,7-8,11,18-19,21-22H2,1-2H3. The molecule has 2 atom stereocenters. The fourth-order valence-electron chi connectivity index (χ4n) is 6.18. The number of benzene rings is 3. The van der Waals surface area contributed by atoms with Gasteiger partial charge in [0.05, 0.1) is 29.2 Å². The van der Waals surface area contributed by atoms with Gasteiger partial charge in [0.25, 0.3) is 5.56 Å². The lowest BCUT2D eigenvalue weighted by atomic mass is 9.84. The first-order valence-electron chi connectivity index (χ1n) is 15.3. The molecule has 0 radical (unpaired) electrons. The minimum Gasteiger partial charge on any atom is -0.388 e. The summed E-state index contributed by atoms with van der Waals surface area (Å²) in [5.41, 5.74) is 5.22. The average Bonchev–Trinajstić information content (AvgIpc) is 3.57. The van der Waals surface area contributed by atoms with Crippen LogP contribution in [0.15, 0.2) is 77.9 Å². The van der Waals surface area contributed by atoms with Crippen molar-refractivity contribution in [3.63, 3.8) is 0 Å². The van der Waals surface area contributed by atoms with Crippen LogP contribution in [0.5, 0.6) is 0 Å². The fourth-order valence-corrected chi connectivity index (χ4v) is 6.18. The molecule has 0 amide bonds. The van der Waals surface area contributed by atoms with Crippen LogP contribution in [0, 0.1) is 0 Å². The van der Waals surface area contributed by atoms with Gasteiger partial charge in [0, 0.05) is 17.5 Å². The minimum absolute atomic E-state index is 0.0692. The Labute approximate surface area is 251 Å². The molecular formula is C34H39N7O2. The van der Waals surface area contributed by atoms with E-state index in [0.717, 1.165) is 72.4 Å². The summed E-state index contributed by atoms with van der Waals surface area (Å²) < 4.78 is 3.46. The van der Waals surface area contributed by atoms with E-state index in [4.69, 9.17) is 4.98 Å². The molecule has 2 N–H and O–H groups in total. The summed E-state index contributed by atoms with van der Waals surface area (Å²) in [6, 6.07) is 21.9. The highest BCUT2D eigenvalue weighted by molar-refractivity contribution is 5.78.